The van der Waals surface area contributed by atoms with Crippen molar-refractivity contribution in [1.82, 2.24) is 20.2 Å². The van der Waals surface area contributed by atoms with Gasteiger partial charge in [-0.05, 0) is 61.1 Å². The van der Waals surface area contributed by atoms with Gasteiger partial charge >= 0.3 is 0 Å². The van der Waals surface area contributed by atoms with Gasteiger partial charge in [-0.2, -0.15) is 0 Å². The summed E-state index contributed by atoms with van der Waals surface area (Å²) in [5, 5.41) is 2.09. The molecule has 3 aliphatic rings. The normalized spacial score (nSPS) is 24.1. The van der Waals surface area contributed by atoms with E-state index in [2.05, 4.69) is 63.2 Å². The maximum Gasteiger partial charge on any atom is 0.265 e. The van der Waals surface area contributed by atoms with Crippen molar-refractivity contribution in [3.63, 3.8) is 0 Å². The van der Waals surface area contributed by atoms with Crippen LogP contribution >= 0.6 is 0 Å². The number of carbonyl (C=O) groups is 1. The number of methoxy groups -OCH3 is 1. The lowest BCUT2D eigenvalue weighted by Crippen LogP contribution is -2.61. The number of likely N-dealkylation sites (tertiary alicyclic amines) is 1. The van der Waals surface area contributed by atoms with Crippen LogP contribution in [0, 0.1) is 0 Å². The third-order valence-corrected chi connectivity index (χ3v) is 8.37. The van der Waals surface area contributed by atoms with E-state index >= 15 is 0 Å². The van der Waals surface area contributed by atoms with Gasteiger partial charge in [-0.3, -0.25) is 20.0 Å². The molecular weight excluding hydrogens is 460 g/mol. The Morgan fingerprint density at radius 1 is 1.00 bits per heavy atom. The summed E-state index contributed by atoms with van der Waals surface area (Å²) in [6.07, 6.45) is 10.6. The number of benzene rings is 2. The number of fused-ring (bicyclic) bond motifs is 2. The summed E-state index contributed by atoms with van der Waals surface area (Å²) in [5.41, 5.74) is 6.29. The Hall–Kier alpha value is -2.67. The first-order chi connectivity index (χ1) is 18.2. The second-order valence-electron chi connectivity index (χ2n) is 10.8. The molecule has 6 heteroatoms. The van der Waals surface area contributed by atoms with Crippen molar-refractivity contribution in [2.45, 2.75) is 63.1 Å². The van der Waals surface area contributed by atoms with Crippen LogP contribution < -0.4 is 10.2 Å². The molecule has 3 saturated heterocycles. The van der Waals surface area contributed by atoms with Gasteiger partial charge in [0.2, 0.25) is 0 Å². The average Bonchev–Trinajstić information content (AvgIpc) is 3.18. The van der Waals surface area contributed by atoms with Crippen LogP contribution in [0.5, 0.6) is 5.75 Å². The maximum absolute atomic E-state index is 13.0. The first kappa shape index (κ1) is 26.0. The molecule has 198 valence electrons. The van der Waals surface area contributed by atoms with Gasteiger partial charge < -0.3 is 4.74 Å². The molecule has 2 aromatic rings. The van der Waals surface area contributed by atoms with Crippen molar-refractivity contribution in [2.24, 2.45) is 0 Å². The molecule has 1 amide bonds. The van der Waals surface area contributed by atoms with Gasteiger partial charge in [0.1, 0.15) is 5.75 Å². The van der Waals surface area contributed by atoms with Crippen LogP contribution in [0.25, 0.3) is 0 Å². The molecule has 0 radical (unpaired) electrons. The van der Waals surface area contributed by atoms with Crippen molar-refractivity contribution in [2.75, 3.05) is 39.8 Å². The van der Waals surface area contributed by atoms with Crippen LogP contribution in [0.2, 0.25) is 0 Å². The summed E-state index contributed by atoms with van der Waals surface area (Å²) in [6, 6.07) is 18.0. The third kappa shape index (κ3) is 6.08. The van der Waals surface area contributed by atoms with Gasteiger partial charge in [0.15, 0.2) is 0 Å². The van der Waals surface area contributed by atoms with Gasteiger partial charge in [0.05, 0.1) is 13.2 Å². The molecule has 1 N–H and O–H groups in total. The molecule has 3 unspecified atom stereocenters. The molecule has 5 rings (SSSR count). The predicted octanol–water partition coefficient (Wildman–Crippen LogP) is 5.03. The molecular formula is C31H42N4O2. The van der Waals surface area contributed by atoms with E-state index in [9.17, 15) is 4.79 Å². The largest absolute Gasteiger partial charge is 0.497 e. The summed E-state index contributed by atoms with van der Waals surface area (Å²) in [5.74, 6) is 0.861. The topological polar surface area (TPSA) is 48.0 Å². The number of piperidine rings is 1. The van der Waals surface area contributed by atoms with E-state index in [1.165, 1.54) is 43.2 Å². The van der Waals surface area contributed by atoms with Crippen LogP contribution in [0.15, 0.2) is 61.2 Å². The first-order valence-electron chi connectivity index (χ1n) is 14.1. The molecule has 6 nitrogen and oxygen atoms in total. The summed E-state index contributed by atoms with van der Waals surface area (Å²) in [6.45, 7) is 8.90. The second-order valence-corrected chi connectivity index (χ2v) is 10.8. The molecule has 2 bridgehead atoms. The lowest BCUT2D eigenvalue weighted by Gasteiger charge is -2.52. The average molecular weight is 503 g/mol. The monoisotopic (exact) mass is 502 g/mol. The number of carbonyl (C=O) groups excluding carboxylic acids is 1. The molecule has 2 aromatic carbocycles. The summed E-state index contributed by atoms with van der Waals surface area (Å²) < 4.78 is 5.59. The maximum atomic E-state index is 13.0. The highest BCUT2D eigenvalue weighted by atomic mass is 16.5. The van der Waals surface area contributed by atoms with Crippen LogP contribution in [0.4, 0.5) is 0 Å². The van der Waals surface area contributed by atoms with E-state index in [-0.39, 0.29) is 11.9 Å². The standard InChI is InChI=1S/C31H42N4O2/c1-3-18-35-27-11-9-12-28(35)23-33(22-27)30(26-10-8-13-29(21-26)37-2)24-14-16-25(17-15-24)31(36)32-34-19-6-4-5-7-20-34/h3,8,10,13-17,21,27-28,30H,1,4-7,9,11-12,18-20,22-23H2,2H3,(H,32,36). The number of amides is 1. The third-order valence-electron chi connectivity index (χ3n) is 8.37. The van der Waals surface area contributed by atoms with Crippen molar-refractivity contribution in [1.29, 1.82) is 0 Å². The minimum absolute atomic E-state index is 0.0149. The van der Waals surface area contributed by atoms with Crippen LogP contribution in [-0.4, -0.2) is 72.6 Å². The Bertz CT molecular complexity index is 1030. The van der Waals surface area contributed by atoms with Crippen molar-refractivity contribution < 1.29 is 9.53 Å². The van der Waals surface area contributed by atoms with Gasteiger partial charge in [-0.25, -0.2) is 5.01 Å². The van der Waals surface area contributed by atoms with E-state index in [0.717, 1.165) is 51.3 Å². The van der Waals surface area contributed by atoms with Gasteiger partial charge in [-0.1, -0.05) is 49.6 Å². The number of nitrogens with zero attached hydrogens (tertiary/aromatic N) is 3. The molecule has 0 spiro atoms. The van der Waals surface area contributed by atoms with Gasteiger partial charge in [0, 0.05) is 50.4 Å². The predicted molar refractivity (Wildman–Crippen MR) is 149 cm³/mol. The summed E-state index contributed by atoms with van der Waals surface area (Å²) >= 11 is 0. The minimum atomic E-state index is -0.0149. The Balaban J connectivity index is 1.39. The molecule has 0 aliphatic carbocycles. The highest BCUT2D eigenvalue weighted by Crippen LogP contribution is 2.37. The molecule has 3 fully saturated rings. The zero-order chi connectivity index (χ0) is 25.6. The number of hydrogen-bond donors (Lipinski definition) is 1. The van der Waals surface area contributed by atoms with E-state index in [1.54, 1.807) is 7.11 Å². The van der Waals surface area contributed by atoms with Crippen LogP contribution in [-0.2, 0) is 0 Å². The second kappa shape index (κ2) is 12.2. The van der Waals surface area contributed by atoms with Crippen LogP contribution in [0.3, 0.4) is 0 Å². The molecule has 3 atom stereocenters. The first-order valence-corrected chi connectivity index (χ1v) is 14.1. The fourth-order valence-corrected chi connectivity index (χ4v) is 6.52. The van der Waals surface area contributed by atoms with Crippen molar-refractivity contribution in [3.05, 3.63) is 77.9 Å². The Morgan fingerprint density at radius 3 is 2.35 bits per heavy atom. The van der Waals surface area contributed by atoms with Crippen molar-refractivity contribution in [3.8, 4) is 5.75 Å². The Kier molecular flexibility index (Phi) is 8.59. The summed E-state index contributed by atoms with van der Waals surface area (Å²) in [4.78, 5) is 18.3. The van der Waals surface area contributed by atoms with Gasteiger partial charge in [-0.15, -0.1) is 6.58 Å². The highest BCUT2D eigenvalue weighted by molar-refractivity contribution is 5.93. The van der Waals surface area contributed by atoms with Gasteiger partial charge in [0.25, 0.3) is 5.91 Å². The molecule has 3 aliphatic heterocycles. The number of ether oxygens (including phenoxy) is 1. The molecule has 3 heterocycles. The smallest absolute Gasteiger partial charge is 0.265 e. The molecule has 37 heavy (non-hydrogen) atoms. The van der Waals surface area contributed by atoms with E-state index < -0.39 is 0 Å². The highest BCUT2D eigenvalue weighted by Gasteiger charge is 2.39. The number of piperazine rings is 1. The Morgan fingerprint density at radius 2 is 1.70 bits per heavy atom. The minimum Gasteiger partial charge on any atom is -0.497 e. The lowest BCUT2D eigenvalue weighted by molar-refractivity contribution is -0.0128. The van der Waals surface area contributed by atoms with E-state index in [0.29, 0.717) is 17.6 Å². The van der Waals surface area contributed by atoms with Crippen molar-refractivity contribution >= 4 is 5.91 Å². The number of hydrazine groups is 1. The zero-order valence-electron chi connectivity index (χ0n) is 22.3. The zero-order valence-corrected chi connectivity index (χ0v) is 22.3. The molecule has 0 saturated carbocycles. The SMILES string of the molecule is C=CCN1C2CCCC1CN(C(c1ccc(C(=O)NN3CCCCCC3)cc1)c1cccc(OC)c1)C2. The summed E-state index contributed by atoms with van der Waals surface area (Å²) in [7, 11) is 1.73. The number of nitrogens with one attached hydrogen (secondary N) is 1. The quantitative estimate of drug-likeness (QED) is 0.513. The molecule has 0 aromatic heterocycles. The Labute approximate surface area is 222 Å². The fourth-order valence-electron chi connectivity index (χ4n) is 6.52. The van der Waals surface area contributed by atoms with Crippen LogP contribution in [0.1, 0.15) is 72.5 Å². The lowest BCUT2D eigenvalue weighted by atomic mass is 9.87. The number of rotatable bonds is 8. The van der Waals surface area contributed by atoms with E-state index in [1.807, 2.05) is 18.2 Å². The number of hydrogen-bond acceptors (Lipinski definition) is 5. The van der Waals surface area contributed by atoms with E-state index in [4.69, 9.17) is 4.74 Å². The fraction of sp³-hybridized carbons (Fsp3) is 0.516.